The average Bonchev–Trinajstić information content (AvgIpc) is 2.34. The first kappa shape index (κ1) is 12.4. The number of aromatic nitrogens is 1. The maximum Gasteiger partial charge on any atom is 0.244 e. The topological polar surface area (TPSA) is 62.2 Å². The van der Waals surface area contributed by atoms with E-state index in [4.69, 9.17) is 5.11 Å². The molecule has 0 aliphatic heterocycles. The van der Waals surface area contributed by atoms with Crippen molar-refractivity contribution < 1.29 is 9.90 Å². The second-order valence-electron chi connectivity index (χ2n) is 3.42. The van der Waals surface area contributed by atoms with Crippen LogP contribution in [-0.4, -0.2) is 28.6 Å². The van der Waals surface area contributed by atoms with Gasteiger partial charge in [0.1, 0.15) is 0 Å². The molecule has 0 spiro atoms. The van der Waals surface area contributed by atoms with Crippen molar-refractivity contribution in [3.05, 3.63) is 36.2 Å². The van der Waals surface area contributed by atoms with Gasteiger partial charge in [0.25, 0.3) is 0 Å². The van der Waals surface area contributed by atoms with E-state index in [-0.39, 0.29) is 18.6 Å². The summed E-state index contributed by atoms with van der Waals surface area (Å²) in [5.74, 6) is -0.204. The van der Waals surface area contributed by atoms with Crippen LogP contribution >= 0.6 is 0 Å². The van der Waals surface area contributed by atoms with Crippen LogP contribution in [0.25, 0.3) is 6.08 Å². The summed E-state index contributed by atoms with van der Waals surface area (Å²) >= 11 is 0. The lowest BCUT2D eigenvalue weighted by Gasteiger charge is -2.11. The number of aliphatic hydroxyl groups is 1. The molecule has 1 unspecified atom stereocenters. The van der Waals surface area contributed by atoms with Gasteiger partial charge in [-0.05, 0) is 24.1 Å². The van der Waals surface area contributed by atoms with Crippen molar-refractivity contribution in [1.29, 1.82) is 0 Å². The van der Waals surface area contributed by atoms with Crippen LogP contribution in [0.15, 0.2) is 30.6 Å². The summed E-state index contributed by atoms with van der Waals surface area (Å²) < 4.78 is 0. The number of aliphatic hydroxyl groups excluding tert-OH is 1. The Morgan fingerprint density at radius 3 is 3.06 bits per heavy atom. The molecule has 4 heteroatoms. The number of rotatable bonds is 5. The first-order valence-corrected chi connectivity index (χ1v) is 5.25. The molecule has 1 aromatic heterocycles. The smallest absolute Gasteiger partial charge is 0.244 e. The molecule has 86 valence electrons. The Hall–Kier alpha value is -1.68. The highest BCUT2D eigenvalue weighted by molar-refractivity contribution is 5.91. The third-order valence-corrected chi connectivity index (χ3v) is 2.17. The molecule has 1 amide bonds. The van der Waals surface area contributed by atoms with Gasteiger partial charge in [-0.2, -0.15) is 0 Å². The van der Waals surface area contributed by atoms with Crippen molar-refractivity contribution in [2.45, 2.75) is 19.4 Å². The number of hydrogen-bond acceptors (Lipinski definition) is 3. The molecule has 1 heterocycles. The summed E-state index contributed by atoms with van der Waals surface area (Å²) in [4.78, 5) is 15.3. The van der Waals surface area contributed by atoms with Crippen molar-refractivity contribution in [3.8, 4) is 0 Å². The maximum absolute atomic E-state index is 11.4. The van der Waals surface area contributed by atoms with Crippen LogP contribution in [0.2, 0.25) is 0 Å². The third-order valence-electron chi connectivity index (χ3n) is 2.17. The molecule has 0 fully saturated rings. The molecular formula is C12H16N2O2. The SMILES string of the molecule is CCC(CO)NC(=O)/C=C/c1cccnc1. The van der Waals surface area contributed by atoms with E-state index in [0.717, 1.165) is 5.56 Å². The van der Waals surface area contributed by atoms with E-state index in [1.165, 1.54) is 6.08 Å². The van der Waals surface area contributed by atoms with Gasteiger partial charge in [0.15, 0.2) is 0 Å². The zero-order valence-corrected chi connectivity index (χ0v) is 9.26. The van der Waals surface area contributed by atoms with Crippen LogP contribution in [0.3, 0.4) is 0 Å². The van der Waals surface area contributed by atoms with Gasteiger partial charge in [0, 0.05) is 18.5 Å². The van der Waals surface area contributed by atoms with Gasteiger partial charge in [-0.1, -0.05) is 13.0 Å². The lowest BCUT2D eigenvalue weighted by atomic mass is 10.2. The molecule has 1 atom stereocenters. The van der Waals surface area contributed by atoms with Crippen molar-refractivity contribution in [3.63, 3.8) is 0 Å². The fourth-order valence-electron chi connectivity index (χ4n) is 1.17. The lowest BCUT2D eigenvalue weighted by molar-refractivity contribution is -0.117. The molecule has 0 aliphatic rings. The summed E-state index contributed by atoms with van der Waals surface area (Å²) in [6, 6.07) is 3.49. The van der Waals surface area contributed by atoms with Crippen LogP contribution in [0.1, 0.15) is 18.9 Å². The summed E-state index contributed by atoms with van der Waals surface area (Å²) in [5, 5.41) is 11.6. The number of amides is 1. The lowest BCUT2D eigenvalue weighted by Crippen LogP contribution is -2.35. The Balaban J connectivity index is 2.48. The van der Waals surface area contributed by atoms with Gasteiger partial charge in [-0.25, -0.2) is 0 Å². The quantitative estimate of drug-likeness (QED) is 0.727. The Kier molecular flexibility index (Phi) is 5.22. The van der Waals surface area contributed by atoms with E-state index >= 15 is 0 Å². The Bertz CT molecular complexity index is 345. The van der Waals surface area contributed by atoms with Crippen LogP contribution in [-0.2, 0) is 4.79 Å². The number of carbonyl (C=O) groups is 1. The maximum atomic E-state index is 11.4. The van der Waals surface area contributed by atoms with E-state index in [2.05, 4.69) is 10.3 Å². The number of nitrogens with zero attached hydrogens (tertiary/aromatic N) is 1. The fraction of sp³-hybridized carbons (Fsp3) is 0.333. The zero-order chi connectivity index (χ0) is 11.8. The molecule has 0 aromatic carbocycles. The summed E-state index contributed by atoms with van der Waals surface area (Å²) in [7, 11) is 0. The normalized spacial score (nSPS) is 12.6. The minimum Gasteiger partial charge on any atom is -0.394 e. The van der Waals surface area contributed by atoms with Gasteiger partial charge in [-0.3, -0.25) is 9.78 Å². The van der Waals surface area contributed by atoms with Crippen molar-refractivity contribution in [2.24, 2.45) is 0 Å². The summed E-state index contributed by atoms with van der Waals surface area (Å²) in [6.45, 7) is 1.87. The minimum absolute atomic E-state index is 0.0387. The Labute approximate surface area is 95.0 Å². The largest absolute Gasteiger partial charge is 0.394 e. The van der Waals surface area contributed by atoms with Crippen LogP contribution < -0.4 is 5.32 Å². The average molecular weight is 220 g/mol. The molecule has 1 aromatic rings. The first-order chi connectivity index (χ1) is 7.76. The highest BCUT2D eigenvalue weighted by atomic mass is 16.3. The van der Waals surface area contributed by atoms with Gasteiger partial charge >= 0.3 is 0 Å². The second kappa shape index (κ2) is 6.74. The van der Waals surface area contributed by atoms with E-state index < -0.39 is 0 Å². The van der Waals surface area contributed by atoms with Gasteiger partial charge in [0.05, 0.1) is 12.6 Å². The minimum atomic E-state index is -0.204. The van der Waals surface area contributed by atoms with Crippen molar-refractivity contribution >= 4 is 12.0 Å². The van der Waals surface area contributed by atoms with E-state index in [1.807, 2.05) is 13.0 Å². The van der Waals surface area contributed by atoms with Crippen LogP contribution in [0, 0.1) is 0 Å². The Morgan fingerprint density at radius 1 is 1.69 bits per heavy atom. The molecule has 0 saturated carbocycles. The Morgan fingerprint density at radius 2 is 2.50 bits per heavy atom. The molecule has 1 rings (SSSR count). The van der Waals surface area contributed by atoms with Crippen molar-refractivity contribution in [1.82, 2.24) is 10.3 Å². The van der Waals surface area contributed by atoms with E-state index in [0.29, 0.717) is 6.42 Å². The molecule has 0 bridgehead atoms. The number of pyridine rings is 1. The number of hydrogen-bond donors (Lipinski definition) is 2. The van der Waals surface area contributed by atoms with Gasteiger partial charge in [0.2, 0.25) is 5.91 Å². The molecular weight excluding hydrogens is 204 g/mol. The van der Waals surface area contributed by atoms with Crippen molar-refractivity contribution in [2.75, 3.05) is 6.61 Å². The highest BCUT2D eigenvalue weighted by Gasteiger charge is 2.05. The molecule has 0 saturated heterocycles. The van der Waals surface area contributed by atoms with Gasteiger partial charge in [-0.15, -0.1) is 0 Å². The monoisotopic (exact) mass is 220 g/mol. The number of carbonyl (C=O) groups excluding carboxylic acids is 1. The van der Waals surface area contributed by atoms with E-state index in [9.17, 15) is 4.79 Å². The van der Waals surface area contributed by atoms with Crippen LogP contribution in [0.5, 0.6) is 0 Å². The molecule has 2 N–H and O–H groups in total. The predicted molar refractivity (Wildman–Crippen MR) is 62.6 cm³/mol. The molecule has 0 radical (unpaired) electrons. The molecule has 0 aliphatic carbocycles. The fourth-order valence-corrected chi connectivity index (χ4v) is 1.17. The molecule has 16 heavy (non-hydrogen) atoms. The highest BCUT2D eigenvalue weighted by Crippen LogP contribution is 1.98. The molecule has 4 nitrogen and oxygen atoms in total. The van der Waals surface area contributed by atoms with E-state index in [1.54, 1.807) is 24.5 Å². The second-order valence-corrected chi connectivity index (χ2v) is 3.42. The summed E-state index contributed by atoms with van der Waals surface area (Å²) in [6.07, 6.45) is 7.19. The predicted octanol–water partition coefficient (Wildman–Crippen LogP) is 0.982. The third kappa shape index (κ3) is 4.23. The van der Waals surface area contributed by atoms with Crippen LogP contribution in [0.4, 0.5) is 0 Å². The zero-order valence-electron chi connectivity index (χ0n) is 9.26. The number of nitrogens with one attached hydrogen (secondary N) is 1. The summed E-state index contributed by atoms with van der Waals surface area (Å²) in [5.41, 5.74) is 0.870. The standard InChI is InChI=1S/C12H16N2O2/c1-2-11(9-15)14-12(16)6-5-10-4-3-7-13-8-10/h3-8,11,15H,2,9H2,1H3,(H,14,16)/b6-5+. The van der Waals surface area contributed by atoms with Gasteiger partial charge < -0.3 is 10.4 Å². The first-order valence-electron chi connectivity index (χ1n) is 5.25.